The average Bonchev–Trinajstić information content (AvgIpc) is 3.19. The van der Waals surface area contributed by atoms with Gasteiger partial charge in [-0.3, -0.25) is 19.7 Å². The molecule has 1 fully saturated rings. The Balaban J connectivity index is 1.72. The molecule has 0 saturated carbocycles. The summed E-state index contributed by atoms with van der Waals surface area (Å²) in [6, 6.07) is 17.1. The van der Waals surface area contributed by atoms with Crippen molar-refractivity contribution in [1.82, 2.24) is 15.5 Å². The van der Waals surface area contributed by atoms with Gasteiger partial charge in [0.1, 0.15) is 0 Å². The summed E-state index contributed by atoms with van der Waals surface area (Å²) in [5.41, 5.74) is 1.40. The smallest absolute Gasteiger partial charge is 0.321 e. The van der Waals surface area contributed by atoms with Crippen LogP contribution in [0.25, 0.3) is 0 Å². The summed E-state index contributed by atoms with van der Waals surface area (Å²) < 4.78 is 5.50. The third-order valence-electron chi connectivity index (χ3n) is 5.28. The number of imide groups is 1. The van der Waals surface area contributed by atoms with E-state index < -0.39 is 29.9 Å². The van der Waals surface area contributed by atoms with E-state index in [1.165, 1.54) is 7.05 Å². The highest BCUT2D eigenvalue weighted by atomic mass is 16.5. The molecule has 3 atom stereocenters. The third-order valence-corrected chi connectivity index (χ3v) is 5.28. The van der Waals surface area contributed by atoms with E-state index in [9.17, 15) is 19.2 Å². The number of carbonyl (C=O) groups is 4. The second-order valence-corrected chi connectivity index (χ2v) is 7.33. The van der Waals surface area contributed by atoms with Gasteiger partial charge < -0.3 is 15.0 Å². The fraction of sp³-hybridized carbons (Fsp3) is 0.304. The first-order valence-corrected chi connectivity index (χ1v) is 10.0. The lowest BCUT2D eigenvalue weighted by Gasteiger charge is -2.25. The minimum atomic E-state index is -1.30. The third kappa shape index (κ3) is 5.28. The maximum Gasteiger partial charge on any atom is 0.321 e. The maximum absolute atomic E-state index is 12.9. The maximum atomic E-state index is 12.9. The van der Waals surface area contributed by atoms with Gasteiger partial charge in [0.05, 0.1) is 12.0 Å². The Kier molecular flexibility index (Phi) is 7.02. The Morgan fingerprint density at radius 1 is 1.00 bits per heavy atom. The highest BCUT2D eigenvalue weighted by molar-refractivity contribution is 5.98. The van der Waals surface area contributed by atoms with Crippen molar-refractivity contribution in [2.75, 3.05) is 13.6 Å². The number of hydrogen-bond donors (Lipinski definition) is 2. The molecule has 1 aliphatic rings. The van der Waals surface area contributed by atoms with Crippen LogP contribution in [0.15, 0.2) is 60.7 Å². The number of urea groups is 1. The molecule has 0 bridgehead atoms. The highest BCUT2D eigenvalue weighted by Crippen LogP contribution is 2.30. The van der Waals surface area contributed by atoms with Crippen molar-refractivity contribution in [1.29, 1.82) is 0 Å². The molecule has 1 saturated heterocycles. The molecular formula is C23H25N3O5. The van der Waals surface area contributed by atoms with Crippen LogP contribution in [0.3, 0.4) is 0 Å². The van der Waals surface area contributed by atoms with Crippen molar-refractivity contribution in [2.24, 2.45) is 5.92 Å². The van der Waals surface area contributed by atoms with Gasteiger partial charge in [0.15, 0.2) is 0 Å². The molecule has 8 heteroatoms. The molecule has 2 aromatic rings. The molecule has 1 heterocycles. The number of hydrogen-bond acceptors (Lipinski definition) is 5. The van der Waals surface area contributed by atoms with Crippen LogP contribution in [0.2, 0.25) is 0 Å². The minimum Gasteiger partial charge on any atom is -0.447 e. The Morgan fingerprint density at radius 3 is 2.16 bits per heavy atom. The van der Waals surface area contributed by atoms with Crippen molar-refractivity contribution in [3.63, 3.8) is 0 Å². The average molecular weight is 423 g/mol. The van der Waals surface area contributed by atoms with Gasteiger partial charge in [-0.25, -0.2) is 4.79 Å². The zero-order chi connectivity index (χ0) is 22.4. The zero-order valence-electron chi connectivity index (χ0n) is 17.4. The number of nitrogens with zero attached hydrogens (tertiary/aromatic N) is 1. The fourth-order valence-electron chi connectivity index (χ4n) is 3.53. The van der Waals surface area contributed by atoms with Crippen LogP contribution in [0.4, 0.5) is 4.79 Å². The van der Waals surface area contributed by atoms with Crippen LogP contribution in [0.5, 0.6) is 0 Å². The van der Waals surface area contributed by atoms with Gasteiger partial charge in [-0.2, -0.15) is 0 Å². The zero-order valence-corrected chi connectivity index (χ0v) is 17.4. The molecule has 8 nitrogen and oxygen atoms in total. The molecule has 4 amide bonds. The molecule has 3 rings (SSSR count). The first kappa shape index (κ1) is 22.0. The normalized spacial score (nSPS) is 17.5. The quantitative estimate of drug-likeness (QED) is 0.694. The van der Waals surface area contributed by atoms with Crippen LogP contribution in [0, 0.1) is 5.92 Å². The van der Waals surface area contributed by atoms with Gasteiger partial charge >= 0.3 is 12.0 Å². The molecule has 0 spiro atoms. The summed E-state index contributed by atoms with van der Waals surface area (Å²) in [5, 5.41) is 4.43. The Bertz CT molecular complexity index is 948. The van der Waals surface area contributed by atoms with Gasteiger partial charge in [-0.15, -0.1) is 0 Å². The second-order valence-electron chi connectivity index (χ2n) is 7.33. The lowest BCUT2D eigenvalue weighted by Crippen LogP contribution is -2.41. The number of benzene rings is 2. The molecular weight excluding hydrogens is 398 g/mol. The van der Waals surface area contributed by atoms with Gasteiger partial charge in [-0.05, 0) is 12.5 Å². The highest BCUT2D eigenvalue weighted by Gasteiger charge is 2.39. The minimum absolute atomic E-state index is 0.00851. The second kappa shape index (κ2) is 9.88. The first-order valence-electron chi connectivity index (χ1n) is 10.0. The standard InChI is InChI=1S/C23H25N3O5/c1-15(16-9-5-3-6-10-16)26-14-18(13-19(26)27)22(29)31-20(17-11-7-4-8-12-17)21(28)25-23(30)24-2/h3-12,15,18,20H,13-14H2,1-2H3,(H2,24,25,28,30)/t15-,18-,20+/m1/s1. The molecule has 2 aromatic carbocycles. The lowest BCUT2D eigenvalue weighted by molar-refractivity contribution is -0.159. The van der Waals surface area contributed by atoms with Gasteiger partial charge in [0, 0.05) is 25.6 Å². The van der Waals surface area contributed by atoms with Crippen LogP contribution in [-0.4, -0.2) is 42.3 Å². The number of rotatable bonds is 6. The van der Waals surface area contributed by atoms with Crippen LogP contribution in [0.1, 0.15) is 36.6 Å². The van der Waals surface area contributed by atoms with E-state index in [1.807, 2.05) is 37.3 Å². The van der Waals surface area contributed by atoms with E-state index in [1.54, 1.807) is 35.2 Å². The SMILES string of the molecule is CNC(=O)NC(=O)[C@@H](OC(=O)[C@@H]1CC(=O)N([C@H](C)c2ccccc2)C1)c1ccccc1. The number of nitrogens with one attached hydrogen (secondary N) is 2. The number of ether oxygens (including phenoxy) is 1. The number of amides is 4. The van der Waals surface area contributed by atoms with E-state index in [2.05, 4.69) is 10.6 Å². The molecule has 31 heavy (non-hydrogen) atoms. The van der Waals surface area contributed by atoms with Crippen LogP contribution < -0.4 is 10.6 Å². The van der Waals surface area contributed by atoms with Gasteiger partial charge in [0.25, 0.3) is 5.91 Å². The van der Waals surface area contributed by atoms with Crippen molar-refractivity contribution in [3.8, 4) is 0 Å². The molecule has 0 aliphatic carbocycles. The summed E-state index contributed by atoms with van der Waals surface area (Å²) in [7, 11) is 1.37. The number of likely N-dealkylation sites (tertiary alicyclic amines) is 1. The van der Waals surface area contributed by atoms with Gasteiger partial charge in [0.2, 0.25) is 12.0 Å². The topological polar surface area (TPSA) is 105 Å². The first-order chi connectivity index (χ1) is 14.9. The molecule has 2 N–H and O–H groups in total. The Hall–Kier alpha value is -3.68. The van der Waals surface area contributed by atoms with E-state index >= 15 is 0 Å². The molecule has 162 valence electrons. The van der Waals surface area contributed by atoms with Crippen LogP contribution >= 0.6 is 0 Å². The van der Waals surface area contributed by atoms with Crippen molar-refractivity contribution >= 4 is 23.8 Å². The number of esters is 1. The summed E-state index contributed by atoms with van der Waals surface area (Å²) in [4.78, 5) is 51.2. The van der Waals surface area contributed by atoms with E-state index in [0.717, 1.165) is 5.56 Å². The molecule has 0 aromatic heterocycles. The van der Waals surface area contributed by atoms with Crippen molar-refractivity contribution < 1.29 is 23.9 Å². The molecule has 0 unspecified atom stereocenters. The Labute approximate surface area is 180 Å². The Morgan fingerprint density at radius 2 is 1.58 bits per heavy atom. The van der Waals surface area contributed by atoms with Crippen LogP contribution in [-0.2, 0) is 19.1 Å². The summed E-state index contributed by atoms with van der Waals surface area (Å²) in [6.45, 7) is 2.11. The molecule has 1 aliphatic heterocycles. The van der Waals surface area contributed by atoms with Gasteiger partial charge in [-0.1, -0.05) is 60.7 Å². The van der Waals surface area contributed by atoms with E-state index in [-0.39, 0.29) is 24.9 Å². The monoisotopic (exact) mass is 423 g/mol. The summed E-state index contributed by atoms with van der Waals surface area (Å²) >= 11 is 0. The summed E-state index contributed by atoms with van der Waals surface area (Å²) in [6.07, 6.45) is -1.30. The molecule has 0 radical (unpaired) electrons. The predicted molar refractivity (Wildman–Crippen MR) is 113 cm³/mol. The summed E-state index contributed by atoms with van der Waals surface area (Å²) in [5.74, 6) is -2.27. The van der Waals surface area contributed by atoms with Crippen molar-refractivity contribution in [2.45, 2.75) is 25.5 Å². The lowest BCUT2D eigenvalue weighted by atomic mass is 10.1. The number of carbonyl (C=O) groups excluding carboxylic acids is 4. The van der Waals surface area contributed by atoms with Crippen molar-refractivity contribution in [3.05, 3.63) is 71.8 Å². The largest absolute Gasteiger partial charge is 0.447 e. The van der Waals surface area contributed by atoms with E-state index in [4.69, 9.17) is 4.74 Å². The predicted octanol–water partition coefficient (Wildman–Crippen LogP) is 2.34. The fourth-order valence-corrected chi connectivity index (χ4v) is 3.53. The van der Waals surface area contributed by atoms with E-state index in [0.29, 0.717) is 5.56 Å².